The van der Waals surface area contributed by atoms with E-state index in [0.717, 1.165) is 18.5 Å². The van der Waals surface area contributed by atoms with E-state index >= 15 is 0 Å². The second kappa shape index (κ2) is 9.51. The van der Waals surface area contributed by atoms with Gasteiger partial charge in [-0.1, -0.05) is 42.5 Å². The van der Waals surface area contributed by atoms with E-state index in [-0.39, 0.29) is 11.9 Å². The molecular formula is C24H30N2O4S. The number of aryl methyl sites for hydroxylation is 1. The third-order valence-electron chi connectivity index (χ3n) is 6.46. The van der Waals surface area contributed by atoms with E-state index in [4.69, 9.17) is 4.74 Å². The first kappa shape index (κ1) is 22.0. The molecule has 2 heterocycles. The van der Waals surface area contributed by atoms with Gasteiger partial charge in [0.05, 0.1) is 18.1 Å². The van der Waals surface area contributed by atoms with Crippen LogP contribution < -0.4 is 0 Å². The molecule has 2 aliphatic rings. The maximum atomic E-state index is 12.9. The molecule has 0 bridgehead atoms. The molecule has 4 rings (SSSR count). The summed E-state index contributed by atoms with van der Waals surface area (Å²) in [6, 6.07) is 17.5. The molecule has 0 aromatic heterocycles. The number of hydrogen-bond acceptors (Lipinski definition) is 4. The Morgan fingerprint density at radius 1 is 1.00 bits per heavy atom. The van der Waals surface area contributed by atoms with E-state index in [0.29, 0.717) is 50.0 Å². The molecule has 0 aliphatic carbocycles. The topological polar surface area (TPSA) is 66.9 Å². The Morgan fingerprint density at radius 3 is 2.35 bits per heavy atom. The van der Waals surface area contributed by atoms with Crippen molar-refractivity contribution in [3.8, 4) is 0 Å². The zero-order valence-electron chi connectivity index (χ0n) is 17.9. The summed E-state index contributed by atoms with van der Waals surface area (Å²) in [7, 11) is -3.48. The van der Waals surface area contributed by atoms with Crippen molar-refractivity contribution in [2.24, 2.45) is 0 Å². The van der Waals surface area contributed by atoms with Crippen LogP contribution in [-0.2, 0) is 26.0 Å². The summed E-state index contributed by atoms with van der Waals surface area (Å²) in [6.07, 6.45) is 2.03. The van der Waals surface area contributed by atoms with E-state index in [9.17, 15) is 13.2 Å². The fourth-order valence-electron chi connectivity index (χ4n) is 4.60. The number of carbonyl (C=O) groups is 1. The molecule has 166 valence electrons. The Hall–Kier alpha value is -2.22. The third kappa shape index (κ3) is 4.84. The minimum absolute atomic E-state index is 0.163. The summed E-state index contributed by atoms with van der Waals surface area (Å²) in [5, 5.41) is 0. The van der Waals surface area contributed by atoms with Gasteiger partial charge in [0.1, 0.15) is 0 Å². The number of morpholine rings is 1. The number of likely N-dealkylation sites (tertiary alicyclic amines) is 1. The van der Waals surface area contributed by atoms with Crippen molar-refractivity contribution in [3.05, 3.63) is 65.7 Å². The molecular weight excluding hydrogens is 412 g/mol. The molecule has 31 heavy (non-hydrogen) atoms. The van der Waals surface area contributed by atoms with Crippen molar-refractivity contribution in [2.45, 2.75) is 43.0 Å². The number of hydrogen-bond donors (Lipinski definition) is 0. The predicted octanol–water partition coefficient (Wildman–Crippen LogP) is 3.04. The fraction of sp³-hybridized carbons (Fsp3) is 0.458. The van der Waals surface area contributed by atoms with Gasteiger partial charge < -0.3 is 9.64 Å². The van der Waals surface area contributed by atoms with Gasteiger partial charge in [-0.15, -0.1) is 0 Å². The van der Waals surface area contributed by atoms with E-state index in [1.165, 1.54) is 9.87 Å². The molecule has 2 saturated heterocycles. The number of carbonyl (C=O) groups excluding carboxylic acids is 1. The Kier molecular flexibility index (Phi) is 6.74. The summed E-state index contributed by atoms with van der Waals surface area (Å²) in [5.41, 5.74) is 2.27. The van der Waals surface area contributed by atoms with E-state index in [2.05, 4.69) is 31.2 Å². The Labute approximate surface area is 184 Å². The van der Waals surface area contributed by atoms with Gasteiger partial charge in [-0.2, -0.15) is 4.31 Å². The minimum Gasteiger partial charge on any atom is -0.379 e. The molecule has 2 aromatic rings. The Bertz CT molecular complexity index is 986. The van der Waals surface area contributed by atoms with Crippen LogP contribution in [0.2, 0.25) is 0 Å². The van der Waals surface area contributed by atoms with Crippen LogP contribution in [0, 0.1) is 0 Å². The van der Waals surface area contributed by atoms with Gasteiger partial charge in [0.2, 0.25) is 15.9 Å². The number of amides is 1. The zero-order valence-corrected chi connectivity index (χ0v) is 18.8. The second-order valence-corrected chi connectivity index (χ2v) is 10.2. The molecule has 2 atom stereocenters. The van der Waals surface area contributed by atoms with Crippen molar-refractivity contribution in [2.75, 3.05) is 32.8 Å². The highest BCUT2D eigenvalue weighted by atomic mass is 32.2. The summed E-state index contributed by atoms with van der Waals surface area (Å²) >= 11 is 0. The molecule has 2 fully saturated rings. The lowest BCUT2D eigenvalue weighted by molar-refractivity contribution is -0.131. The van der Waals surface area contributed by atoms with Crippen molar-refractivity contribution < 1.29 is 17.9 Å². The molecule has 2 aliphatic heterocycles. The van der Waals surface area contributed by atoms with E-state index < -0.39 is 10.0 Å². The van der Waals surface area contributed by atoms with Gasteiger partial charge in [0.15, 0.2) is 0 Å². The van der Waals surface area contributed by atoms with Crippen molar-refractivity contribution in [1.29, 1.82) is 0 Å². The number of sulfonamides is 1. The number of ether oxygens (including phenoxy) is 1. The number of rotatable bonds is 6. The van der Waals surface area contributed by atoms with Crippen molar-refractivity contribution in [3.63, 3.8) is 0 Å². The number of nitrogens with zero attached hydrogens (tertiary/aromatic N) is 2. The second-order valence-electron chi connectivity index (χ2n) is 8.29. The summed E-state index contributed by atoms with van der Waals surface area (Å²) in [4.78, 5) is 15.1. The first-order valence-electron chi connectivity index (χ1n) is 11.0. The van der Waals surface area contributed by atoms with Crippen LogP contribution in [0.15, 0.2) is 59.5 Å². The van der Waals surface area contributed by atoms with E-state index in [1.807, 2.05) is 23.1 Å². The molecule has 2 aromatic carbocycles. The summed E-state index contributed by atoms with van der Waals surface area (Å²) in [6.45, 7) is 4.55. The maximum Gasteiger partial charge on any atom is 0.243 e. The SMILES string of the molecule is C[C@H]1[C@@H](c2ccccc2)CCN1C(=O)CCc1ccc(S(=O)(=O)N2CCOCC2)cc1. The summed E-state index contributed by atoms with van der Waals surface area (Å²) in [5.74, 6) is 0.547. The molecule has 1 amide bonds. The average Bonchev–Trinajstić information content (AvgIpc) is 3.20. The van der Waals surface area contributed by atoms with Crippen LogP contribution in [0.4, 0.5) is 0 Å². The minimum atomic E-state index is -3.48. The first-order valence-corrected chi connectivity index (χ1v) is 12.4. The van der Waals surface area contributed by atoms with Gasteiger partial charge in [0, 0.05) is 38.0 Å². The Balaban J connectivity index is 1.33. The smallest absolute Gasteiger partial charge is 0.243 e. The molecule has 0 radical (unpaired) electrons. The van der Waals surface area contributed by atoms with Gasteiger partial charge in [-0.05, 0) is 43.0 Å². The molecule has 0 N–H and O–H groups in total. The van der Waals surface area contributed by atoms with Gasteiger partial charge in [-0.3, -0.25) is 4.79 Å². The highest BCUT2D eigenvalue weighted by molar-refractivity contribution is 7.89. The lowest BCUT2D eigenvalue weighted by Gasteiger charge is -2.26. The van der Waals surface area contributed by atoms with Crippen LogP contribution in [0.1, 0.15) is 36.8 Å². The van der Waals surface area contributed by atoms with Crippen LogP contribution in [0.5, 0.6) is 0 Å². The highest BCUT2D eigenvalue weighted by Crippen LogP contribution is 2.33. The fourth-order valence-corrected chi connectivity index (χ4v) is 6.00. The monoisotopic (exact) mass is 442 g/mol. The molecule has 7 heteroatoms. The number of benzene rings is 2. The maximum absolute atomic E-state index is 12.9. The quantitative estimate of drug-likeness (QED) is 0.690. The predicted molar refractivity (Wildman–Crippen MR) is 119 cm³/mol. The first-order chi connectivity index (χ1) is 15.0. The molecule has 0 unspecified atom stereocenters. The highest BCUT2D eigenvalue weighted by Gasteiger charge is 2.34. The van der Waals surface area contributed by atoms with Gasteiger partial charge in [-0.25, -0.2) is 8.42 Å². The van der Waals surface area contributed by atoms with Gasteiger partial charge in [0.25, 0.3) is 0 Å². The zero-order chi connectivity index (χ0) is 21.8. The van der Waals surface area contributed by atoms with Crippen LogP contribution in [0.3, 0.4) is 0 Å². The lowest BCUT2D eigenvalue weighted by Crippen LogP contribution is -2.40. The van der Waals surface area contributed by atoms with Crippen LogP contribution >= 0.6 is 0 Å². The average molecular weight is 443 g/mol. The van der Waals surface area contributed by atoms with Crippen molar-refractivity contribution >= 4 is 15.9 Å². The molecule has 6 nitrogen and oxygen atoms in total. The van der Waals surface area contributed by atoms with Crippen LogP contribution in [-0.4, -0.2) is 62.4 Å². The lowest BCUT2D eigenvalue weighted by atomic mass is 9.93. The van der Waals surface area contributed by atoms with Gasteiger partial charge >= 0.3 is 0 Å². The Morgan fingerprint density at radius 2 is 1.68 bits per heavy atom. The largest absolute Gasteiger partial charge is 0.379 e. The van der Waals surface area contributed by atoms with E-state index in [1.54, 1.807) is 12.1 Å². The summed E-state index contributed by atoms with van der Waals surface area (Å²) < 4.78 is 32.2. The third-order valence-corrected chi connectivity index (χ3v) is 8.37. The molecule has 0 spiro atoms. The van der Waals surface area contributed by atoms with Crippen LogP contribution in [0.25, 0.3) is 0 Å². The van der Waals surface area contributed by atoms with Crippen molar-refractivity contribution in [1.82, 2.24) is 9.21 Å². The normalized spacial score (nSPS) is 22.5. The molecule has 0 saturated carbocycles. The standard InChI is InChI=1S/C24H30N2O4S/c1-19-23(21-5-3-2-4-6-21)13-14-26(19)24(27)12-9-20-7-10-22(11-8-20)31(28,29)25-15-17-30-18-16-25/h2-8,10-11,19,23H,9,12-18H2,1H3/t19-,23-/m0/s1.